The molecule has 14 heavy (non-hydrogen) atoms. The maximum atomic E-state index is 9.62. The highest BCUT2D eigenvalue weighted by Crippen LogP contribution is 2.00. The van der Waals surface area contributed by atoms with E-state index >= 15 is 0 Å². The van der Waals surface area contributed by atoms with Gasteiger partial charge < -0.3 is 15.3 Å². The van der Waals surface area contributed by atoms with Crippen molar-refractivity contribution in [2.45, 2.75) is 25.5 Å². The third kappa shape index (κ3) is 7.62. The smallest absolute Gasteiger partial charge is 0.0791 e. The molecule has 0 aromatic heterocycles. The van der Waals surface area contributed by atoms with Gasteiger partial charge in [0.05, 0.1) is 6.10 Å². The number of hydrogen-bond acceptors (Lipinski definition) is 4. The van der Waals surface area contributed by atoms with Crippen LogP contribution in [0.2, 0.25) is 0 Å². The topological polar surface area (TPSA) is 35.5 Å². The normalized spacial score (nSPS) is 15.9. The van der Waals surface area contributed by atoms with Crippen molar-refractivity contribution in [3.63, 3.8) is 0 Å². The quantitative estimate of drug-likeness (QED) is 0.629. The highest BCUT2D eigenvalue weighted by Gasteiger charge is 2.09. The molecule has 4 heteroatoms. The van der Waals surface area contributed by atoms with E-state index in [1.807, 2.05) is 30.8 Å². The summed E-state index contributed by atoms with van der Waals surface area (Å²) in [6.07, 6.45) is 2.97. The Morgan fingerprint density at radius 2 is 2.07 bits per heavy atom. The molecule has 3 nitrogen and oxygen atoms in total. The first-order valence-corrected chi connectivity index (χ1v) is 6.54. The van der Waals surface area contributed by atoms with E-state index in [0.29, 0.717) is 12.6 Å². The minimum atomic E-state index is -0.263. The second kappa shape index (κ2) is 8.53. The fourth-order valence-corrected chi connectivity index (χ4v) is 2.07. The molecule has 2 unspecified atom stereocenters. The van der Waals surface area contributed by atoms with Gasteiger partial charge in [-0.1, -0.05) is 6.92 Å². The number of aliphatic hydroxyl groups excluding tert-OH is 1. The lowest BCUT2D eigenvalue weighted by Gasteiger charge is -2.20. The third-order valence-corrected chi connectivity index (χ3v) is 2.81. The van der Waals surface area contributed by atoms with Crippen LogP contribution in [0.4, 0.5) is 0 Å². The summed E-state index contributed by atoms with van der Waals surface area (Å²) in [5.41, 5.74) is 0. The predicted molar refractivity (Wildman–Crippen MR) is 65.0 cm³/mol. The number of nitrogens with one attached hydrogen (secondary N) is 1. The summed E-state index contributed by atoms with van der Waals surface area (Å²) in [6, 6.07) is 0.529. The lowest BCUT2D eigenvalue weighted by Crippen LogP contribution is -2.40. The van der Waals surface area contributed by atoms with Crippen LogP contribution in [0.1, 0.15) is 13.3 Å². The molecule has 0 heterocycles. The molecule has 0 bridgehead atoms. The van der Waals surface area contributed by atoms with Gasteiger partial charge in [0.15, 0.2) is 0 Å². The molecular weight excluding hydrogens is 196 g/mol. The van der Waals surface area contributed by atoms with E-state index < -0.39 is 0 Å². The van der Waals surface area contributed by atoms with Crippen molar-refractivity contribution in [2.75, 3.05) is 39.2 Å². The van der Waals surface area contributed by atoms with E-state index in [1.54, 1.807) is 0 Å². The fraction of sp³-hybridized carbons (Fsp3) is 1.00. The zero-order chi connectivity index (χ0) is 11.0. The number of aliphatic hydroxyl groups is 1. The number of thioether (sulfide) groups is 1. The van der Waals surface area contributed by atoms with E-state index in [-0.39, 0.29) is 6.10 Å². The summed E-state index contributed by atoms with van der Waals surface area (Å²) < 4.78 is 0. The van der Waals surface area contributed by atoms with E-state index in [9.17, 15) is 5.11 Å². The molecule has 0 fully saturated rings. The van der Waals surface area contributed by atoms with Gasteiger partial charge in [0.25, 0.3) is 0 Å². The minimum absolute atomic E-state index is 0.263. The van der Waals surface area contributed by atoms with Crippen molar-refractivity contribution < 1.29 is 5.11 Å². The van der Waals surface area contributed by atoms with E-state index in [2.05, 4.69) is 18.5 Å². The highest BCUT2D eigenvalue weighted by molar-refractivity contribution is 7.98. The lowest BCUT2D eigenvalue weighted by molar-refractivity contribution is 0.132. The molecule has 2 N–H and O–H groups in total. The van der Waals surface area contributed by atoms with Crippen molar-refractivity contribution in [2.24, 2.45) is 0 Å². The summed E-state index contributed by atoms with van der Waals surface area (Å²) in [6.45, 7) is 3.59. The van der Waals surface area contributed by atoms with Crippen molar-refractivity contribution >= 4 is 11.8 Å². The van der Waals surface area contributed by atoms with Crippen LogP contribution in [0, 0.1) is 0 Å². The molecular formula is C10H24N2OS. The van der Waals surface area contributed by atoms with Crippen molar-refractivity contribution in [3.05, 3.63) is 0 Å². The summed E-state index contributed by atoms with van der Waals surface area (Å²) in [4.78, 5) is 2.00. The first kappa shape index (κ1) is 14.2. The molecule has 0 saturated heterocycles. The van der Waals surface area contributed by atoms with Gasteiger partial charge in [-0.3, -0.25) is 0 Å². The van der Waals surface area contributed by atoms with Crippen molar-refractivity contribution in [3.8, 4) is 0 Å². The highest BCUT2D eigenvalue weighted by atomic mass is 32.2. The standard InChI is InChI=1S/C10H24N2OS/c1-5-9(8-14-4)11-6-10(13)7-12(2)3/h9-11,13H,5-8H2,1-4H3. The summed E-state index contributed by atoms with van der Waals surface area (Å²) >= 11 is 1.85. The molecule has 86 valence electrons. The van der Waals surface area contributed by atoms with E-state index in [4.69, 9.17) is 0 Å². The Bertz CT molecular complexity index is 133. The second-order valence-corrected chi connectivity index (χ2v) is 4.80. The van der Waals surface area contributed by atoms with Crippen LogP contribution < -0.4 is 5.32 Å². The molecule has 0 amide bonds. The van der Waals surface area contributed by atoms with Crippen LogP contribution in [-0.2, 0) is 0 Å². The van der Waals surface area contributed by atoms with E-state index in [0.717, 1.165) is 18.7 Å². The zero-order valence-corrected chi connectivity index (χ0v) is 10.6. The van der Waals surface area contributed by atoms with Gasteiger partial charge in [0.2, 0.25) is 0 Å². The molecule has 0 aromatic carbocycles. The first-order chi connectivity index (χ1) is 6.60. The minimum Gasteiger partial charge on any atom is -0.390 e. The van der Waals surface area contributed by atoms with E-state index in [1.165, 1.54) is 0 Å². The van der Waals surface area contributed by atoms with Gasteiger partial charge >= 0.3 is 0 Å². The largest absolute Gasteiger partial charge is 0.390 e. The summed E-state index contributed by atoms with van der Waals surface area (Å²) in [7, 11) is 3.95. The number of rotatable bonds is 8. The summed E-state index contributed by atoms with van der Waals surface area (Å²) in [5, 5.41) is 13.0. The third-order valence-electron chi connectivity index (χ3n) is 2.08. The Kier molecular flexibility index (Phi) is 8.67. The lowest BCUT2D eigenvalue weighted by atomic mass is 10.2. The van der Waals surface area contributed by atoms with Crippen LogP contribution in [0.3, 0.4) is 0 Å². The molecule has 0 aliphatic rings. The Hall–Kier alpha value is 0.230. The predicted octanol–water partition coefficient (Wildman–Crippen LogP) is 0.640. The van der Waals surface area contributed by atoms with Crippen LogP contribution in [0.25, 0.3) is 0 Å². The second-order valence-electron chi connectivity index (χ2n) is 3.88. The number of likely N-dealkylation sites (N-methyl/N-ethyl adjacent to an activating group) is 1. The maximum Gasteiger partial charge on any atom is 0.0791 e. The van der Waals surface area contributed by atoms with Gasteiger partial charge in [-0.25, -0.2) is 0 Å². The molecule has 0 spiro atoms. The Morgan fingerprint density at radius 1 is 1.43 bits per heavy atom. The summed E-state index contributed by atoms with van der Waals surface area (Å²) in [5.74, 6) is 1.12. The first-order valence-electron chi connectivity index (χ1n) is 5.15. The van der Waals surface area contributed by atoms with Crippen LogP contribution >= 0.6 is 11.8 Å². The van der Waals surface area contributed by atoms with Crippen LogP contribution in [0.15, 0.2) is 0 Å². The molecule has 0 rings (SSSR count). The zero-order valence-electron chi connectivity index (χ0n) is 9.79. The van der Waals surface area contributed by atoms with Crippen LogP contribution in [0.5, 0.6) is 0 Å². The monoisotopic (exact) mass is 220 g/mol. The molecule has 2 atom stereocenters. The average Bonchev–Trinajstić information content (AvgIpc) is 2.11. The van der Waals surface area contributed by atoms with Crippen molar-refractivity contribution in [1.82, 2.24) is 10.2 Å². The molecule has 0 aliphatic heterocycles. The van der Waals surface area contributed by atoms with Gasteiger partial charge in [0, 0.05) is 24.9 Å². The number of nitrogens with zero attached hydrogens (tertiary/aromatic N) is 1. The number of hydrogen-bond donors (Lipinski definition) is 2. The molecule has 0 saturated carbocycles. The van der Waals surface area contributed by atoms with Gasteiger partial charge in [-0.2, -0.15) is 11.8 Å². The maximum absolute atomic E-state index is 9.62. The Labute approximate surface area is 92.3 Å². The Morgan fingerprint density at radius 3 is 2.50 bits per heavy atom. The fourth-order valence-electron chi connectivity index (χ4n) is 1.31. The van der Waals surface area contributed by atoms with Gasteiger partial charge in [-0.05, 0) is 26.8 Å². The SMILES string of the molecule is CCC(CSC)NCC(O)CN(C)C. The van der Waals surface area contributed by atoms with Crippen LogP contribution in [-0.4, -0.2) is 61.3 Å². The van der Waals surface area contributed by atoms with Gasteiger partial charge in [0.1, 0.15) is 0 Å². The Balaban J connectivity index is 3.56. The molecule has 0 aromatic rings. The molecule has 0 aliphatic carbocycles. The molecule has 0 radical (unpaired) electrons. The average molecular weight is 220 g/mol. The van der Waals surface area contributed by atoms with Crippen molar-refractivity contribution in [1.29, 1.82) is 0 Å². The van der Waals surface area contributed by atoms with Gasteiger partial charge in [-0.15, -0.1) is 0 Å².